The zero-order valence-corrected chi connectivity index (χ0v) is 11.6. The SMILES string of the molecule is O=[N+]([O-])c1ccc(NCc2ccc(Cl)cc2Cl)c(F)c1. The zero-order chi connectivity index (χ0) is 14.7. The van der Waals surface area contributed by atoms with Crippen LogP contribution in [0.3, 0.4) is 0 Å². The maximum Gasteiger partial charge on any atom is 0.272 e. The third-order valence-corrected chi connectivity index (χ3v) is 3.23. The van der Waals surface area contributed by atoms with Crippen LogP contribution in [-0.2, 0) is 6.54 Å². The van der Waals surface area contributed by atoms with E-state index < -0.39 is 10.7 Å². The summed E-state index contributed by atoms with van der Waals surface area (Å²) >= 11 is 11.8. The van der Waals surface area contributed by atoms with Crippen molar-refractivity contribution in [3.05, 3.63) is 67.9 Å². The van der Waals surface area contributed by atoms with E-state index in [1.54, 1.807) is 18.2 Å². The molecule has 2 aromatic carbocycles. The normalized spacial score (nSPS) is 10.3. The van der Waals surface area contributed by atoms with Gasteiger partial charge in [-0.2, -0.15) is 0 Å². The Labute approximate surface area is 124 Å². The van der Waals surface area contributed by atoms with E-state index in [1.807, 2.05) is 0 Å². The van der Waals surface area contributed by atoms with Gasteiger partial charge in [-0.05, 0) is 23.8 Å². The summed E-state index contributed by atoms with van der Waals surface area (Å²) in [6.07, 6.45) is 0. The molecule has 0 saturated carbocycles. The van der Waals surface area contributed by atoms with Crippen LogP contribution >= 0.6 is 23.2 Å². The molecule has 0 aliphatic rings. The summed E-state index contributed by atoms with van der Waals surface area (Å²) in [5, 5.41) is 14.3. The molecule has 0 radical (unpaired) electrons. The Morgan fingerprint density at radius 2 is 1.95 bits per heavy atom. The lowest BCUT2D eigenvalue weighted by molar-refractivity contribution is -0.385. The molecule has 0 aromatic heterocycles. The summed E-state index contributed by atoms with van der Waals surface area (Å²) in [6, 6.07) is 8.40. The van der Waals surface area contributed by atoms with Crippen molar-refractivity contribution in [2.75, 3.05) is 5.32 Å². The van der Waals surface area contributed by atoms with Crippen LogP contribution in [0.4, 0.5) is 15.8 Å². The smallest absolute Gasteiger partial charge is 0.272 e. The molecule has 0 aliphatic carbocycles. The van der Waals surface area contributed by atoms with Crippen molar-refractivity contribution in [3.8, 4) is 0 Å². The van der Waals surface area contributed by atoms with Crippen molar-refractivity contribution in [2.45, 2.75) is 6.54 Å². The number of halogens is 3. The fraction of sp³-hybridized carbons (Fsp3) is 0.0769. The first-order chi connectivity index (χ1) is 9.47. The van der Waals surface area contributed by atoms with E-state index in [0.29, 0.717) is 10.0 Å². The maximum absolute atomic E-state index is 13.7. The molecular weight excluding hydrogens is 306 g/mol. The highest BCUT2D eigenvalue weighted by Gasteiger charge is 2.10. The average Bonchev–Trinajstić information content (AvgIpc) is 2.38. The highest BCUT2D eigenvalue weighted by atomic mass is 35.5. The summed E-state index contributed by atoms with van der Waals surface area (Å²) in [7, 11) is 0. The van der Waals surface area contributed by atoms with E-state index in [1.165, 1.54) is 12.1 Å². The van der Waals surface area contributed by atoms with Gasteiger partial charge in [0.2, 0.25) is 0 Å². The summed E-state index contributed by atoms with van der Waals surface area (Å²) < 4.78 is 13.7. The van der Waals surface area contributed by atoms with Crippen LogP contribution in [0.15, 0.2) is 36.4 Å². The Morgan fingerprint density at radius 1 is 1.20 bits per heavy atom. The van der Waals surface area contributed by atoms with Crippen molar-refractivity contribution in [1.29, 1.82) is 0 Å². The van der Waals surface area contributed by atoms with Gasteiger partial charge in [0.05, 0.1) is 16.7 Å². The van der Waals surface area contributed by atoms with E-state index in [-0.39, 0.29) is 17.9 Å². The zero-order valence-electron chi connectivity index (χ0n) is 10.1. The number of nitrogens with one attached hydrogen (secondary N) is 1. The number of hydrogen-bond donors (Lipinski definition) is 1. The van der Waals surface area contributed by atoms with Gasteiger partial charge in [-0.3, -0.25) is 10.1 Å². The van der Waals surface area contributed by atoms with E-state index >= 15 is 0 Å². The quantitative estimate of drug-likeness (QED) is 0.660. The van der Waals surface area contributed by atoms with Crippen LogP contribution < -0.4 is 5.32 Å². The summed E-state index contributed by atoms with van der Waals surface area (Å²) in [6.45, 7) is 0.282. The number of rotatable bonds is 4. The number of nitrogens with zero attached hydrogens (tertiary/aromatic N) is 1. The molecule has 0 unspecified atom stereocenters. The van der Waals surface area contributed by atoms with Gasteiger partial charge in [0.1, 0.15) is 0 Å². The topological polar surface area (TPSA) is 55.2 Å². The second kappa shape index (κ2) is 6.07. The molecule has 2 aromatic rings. The monoisotopic (exact) mass is 314 g/mol. The van der Waals surface area contributed by atoms with Crippen molar-refractivity contribution in [2.24, 2.45) is 0 Å². The lowest BCUT2D eigenvalue weighted by Crippen LogP contribution is -2.02. The molecule has 2 rings (SSSR count). The fourth-order valence-electron chi connectivity index (χ4n) is 1.62. The average molecular weight is 315 g/mol. The molecule has 0 spiro atoms. The van der Waals surface area contributed by atoms with Crippen LogP contribution in [-0.4, -0.2) is 4.92 Å². The molecule has 0 aliphatic heterocycles. The molecule has 104 valence electrons. The van der Waals surface area contributed by atoms with Crippen molar-refractivity contribution in [3.63, 3.8) is 0 Å². The van der Waals surface area contributed by atoms with E-state index in [0.717, 1.165) is 11.6 Å². The number of benzene rings is 2. The molecule has 0 saturated heterocycles. The fourth-order valence-corrected chi connectivity index (χ4v) is 2.09. The lowest BCUT2D eigenvalue weighted by Gasteiger charge is -2.09. The van der Waals surface area contributed by atoms with Gasteiger partial charge >= 0.3 is 0 Å². The Kier molecular flexibility index (Phi) is 4.42. The maximum atomic E-state index is 13.7. The highest BCUT2D eigenvalue weighted by Crippen LogP contribution is 2.24. The molecule has 7 heteroatoms. The van der Waals surface area contributed by atoms with E-state index in [4.69, 9.17) is 23.2 Å². The first kappa shape index (κ1) is 14.6. The van der Waals surface area contributed by atoms with Crippen LogP contribution in [0.1, 0.15) is 5.56 Å². The minimum atomic E-state index is -0.690. The molecule has 0 amide bonds. The standard InChI is InChI=1S/C13H9Cl2FN2O2/c14-9-2-1-8(11(15)5-9)7-17-13-4-3-10(18(19)20)6-12(13)16/h1-6,17H,7H2. The van der Waals surface area contributed by atoms with Crippen LogP contribution in [0, 0.1) is 15.9 Å². The minimum absolute atomic E-state index is 0.168. The summed E-state index contributed by atoms with van der Waals surface area (Å²) in [4.78, 5) is 9.86. The van der Waals surface area contributed by atoms with Crippen LogP contribution in [0.25, 0.3) is 0 Å². The molecule has 20 heavy (non-hydrogen) atoms. The summed E-state index contributed by atoms with van der Waals surface area (Å²) in [5.41, 5.74) is 0.619. The first-order valence-electron chi connectivity index (χ1n) is 5.59. The Hall–Kier alpha value is -1.85. The van der Waals surface area contributed by atoms with Gasteiger partial charge in [0, 0.05) is 22.7 Å². The molecule has 4 nitrogen and oxygen atoms in total. The number of anilines is 1. The molecule has 0 bridgehead atoms. The largest absolute Gasteiger partial charge is 0.379 e. The van der Waals surface area contributed by atoms with E-state index in [9.17, 15) is 14.5 Å². The van der Waals surface area contributed by atoms with Crippen LogP contribution in [0.5, 0.6) is 0 Å². The van der Waals surface area contributed by atoms with Gasteiger partial charge in [-0.15, -0.1) is 0 Å². The van der Waals surface area contributed by atoms with Gasteiger partial charge in [-0.25, -0.2) is 4.39 Å². The number of nitro groups is 1. The number of non-ortho nitro benzene ring substituents is 1. The predicted molar refractivity (Wildman–Crippen MR) is 76.8 cm³/mol. The third kappa shape index (κ3) is 3.37. The van der Waals surface area contributed by atoms with Crippen LogP contribution in [0.2, 0.25) is 10.0 Å². The Bertz CT molecular complexity index is 665. The predicted octanol–water partition coefficient (Wildman–Crippen LogP) is 4.65. The Morgan fingerprint density at radius 3 is 2.55 bits per heavy atom. The van der Waals surface area contributed by atoms with Gasteiger partial charge < -0.3 is 5.32 Å². The van der Waals surface area contributed by atoms with Crippen molar-refractivity contribution < 1.29 is 9.31 Å². The van der Waals surface area contributed by atoms with E-state index in [2.05, 4.69) is 5.32 Å². The molecule has 1 N–H and O–H groups in total. The Balaban J connectivity index is 2.13. The second-order valence-electron chi connectivity index (χ2n) is 4.01. The molecule has 0 fully saturated rings. The third-order valence-electron chi connectivity index (χ3n) is 2.65. The number of hydrogen-bond acceptors (Lipinski definition) is 3. The lowest BCUT2D eigenvalue weighted by atomic mass is 10.2. The minimum Gasteiger partial charge on any atom is -0.379 e. The molecule has 0 heterocycles. The number of nitro benzene ring substituents is 1. The summed E-state index contributed by atoms with van der Waals surface area (Å²) in [5.74, 6) is -0.690. The van der Waals surface area contributed by atoms with Crippen molar-refractivity contribution in [1.82, 2.24) is 0 Å². The van der Waals surface area contributed by atoms with Gasteiger partial charge in [0.25, 0.3) is 5.69 Å². The molecular formula is C13H9Cl2FN2O2. The first-order valence-corrected chi connectivity index (χ1v) is 6.34. The second-order valence-corrected chi connectivity index (χ2v) is 4.85. The van der Waals surface area contributed by atoms with Gasteiger partial charge in [-0.1, -0.05) is 29.3 Å². The van der Waals surface area contributed by atoms with Crippen molar-refractivity contribution >= 4 is 34.6 Å². The van der Waals surface area contributed by atoms with Gasteiger partial charge in [0.15, 0.2) is 5.82 Å². The highest BCUT2D eigenvalue weighted by molar-refractivity contribution is 6.35. The molecule has 0 atom stereocenters.